The number of ether oxygens (including phenoxy) is 4. The SMILES string of the molecule is CCCCC/C=C\C/C=C\C/C=C\CCCCCCCCC(=O)OC(COC(=O)CCCCCCCCCCCCCCCCCCCCCCCCCCCCCCCCCCCCCC)COC(OCC[N+](C)(C)C)C(=O)O. The topological polar surface area (TPSA) is 108 Å². The first-order valence-corrected chi connectivity index (χ1v) is 34.7. The maximum atomic E-state index is 12.9. The molecule has 1 N–H and O–H groups in total. The number of carboxylic acid groups (broad SMARTS) is 1. The fraction of sp³-hybridized carbons (Fsp3) is 0.873. The Hall–Kier alpha value is -2.49. The summed E-state index contributed by atoms with van der Waals surface area (Å²) in [4.78, 5) is 37.5. The van der Waals surface area contributed by atoms with Crippen LogP contribution >= 0.6 is 0 Å². The van der Waals surface area contributed by atoms with Crippen molar-refractivity contribution >= 4 is 17.9 Å². The molecule has 470 valence electrons. The Bertz CT molecular complexity index is 1410. The van der Waals surface area contributed by atoms with E-state index in [1.54, 1.807) is 0 Å². The van der Waals surface area contributed by atoms with Crippen molar-refractivity contribution in [3.8, 4) is 0 Å². The first-order chi connectivity index (χ1) is 39.1. The van der Waals surface area contributed by atoms with Crippen LogP contribution in [0.15, 0.2) is 36.5 Å². The summed E-state index contributed by atoms with van der Waals surface area (Å²) in [7, 11) is 5.98. The molecule has 0 aromatic heterocycles. The molecule has 0 amide bonds. The molecule has 80 heavy (non-hydrogen) atoms. The number of nitrogens with zero attached hydrogens (tertiary/aromatic N) is 1. The highest BCUT2D eigenvalue weighted by molar-refractivity contribution is 5.71. The minimum absolute atomic E-state index is 0.184. The highest BCUT2D eigenvalue weighted by Crippen LogP contribution is 2.19. The molecule has 0 heterocycles. The van der Waals surface area contributed by atoms with Crippen molar-refractivity contribution in [2.24, 2.45) is 0 Å². The molecule has 0 saturated heterocycles. The van der Waals surface area contributed by atoms with Gasteiger partial charge in [0.2, 0.25) is 0 Å². The van der Waals surface area contributed by atoms with E-state index in [1.165, 1.54) is 250 Å². The molecule has 9 nitrogen and oxygen atoms in total. The van der Waals surface area contributed by atoms with Gasteiger partial charge in [-0.1, -0.05) is 314 Å². The second kappa shape index (κ2) is 62.6. The molecule has 9 heteroatoms. The van der Waals surface area contributed by atoms with E-state index in [0.717, 1.165) is 57.8 Å². The summed E-state index contributed by atoms with van der Waals surface area (Å²) >= 11 is 0. The zero-order valence-electron chi connectivity index (χ0n) is 53.8. The molecule has 0 aliphatic heterocycles. The second-order valence-corrected chi connectivity index (χ2v) is 24.8. The molecule has 0 aliphatic rings. The fourth-order valence-electron chi connectivity index (χ4n) is 10.3. The van der Waals surface area contributed by atoms with Gasteiger partial charge in [-0.25, -0.2) is 4.79 Å². The van der Waals surface area contributed by atoms with Crippen LogP contribution in [0, 0.1) is 0 Å². The first kappa shape index (κ1) is 77.5. The number of aliphatic carboxylic acids is 1. The third-order valence-corrected chi connectivity index (χ3v) is 15.6. The zero-order chi connectivity index (χ0) is 58.3. The molecule has 0 saturated carbocycles. The predicted octanol–water partition coefficient (Wildman–Crippen LogP) is 21.2. The number of hydrogen-bond donors (Lipinski definition) is 1. The second-order valence-electron chi connectivity index (χ2n) is 24.8. The summed E-state index contributed by atoms with van der Waals surface area (Å²) in [6.07, 6.45) is 75.6. The largest absolute Gasteiger partial charge is 0.477 e. The van der Waals surface area contributed by atoms with Gasteiger partial charge in [0.05, 0.1) is 34.4 Å². The Morgan fingerprint density at radius 3 is 1.02 bits per heavy atom. The molecule has 0 aromatic carbocycles. The fourth-order valence-corrected chi connectivity index (χ4v) is 10.3. The number of likely N-dealkylation sites (N-methyl/N-ethyl adjacent to an activating group) is 1. The number of esters is 2. The van der Waals surface area contributed by atoms with Crippen molar-refractivity contribution in [3.05, 3.63) is 36.5 Å². The van der Waals surface area contributed by atoms with Crippen molar-refractivity contribution in [1.29, 1.82) is 0 Å². The Balaban J connectivity index is 3.99. The normalized spacial score (nSPS) is 12.9. The minimum atomic E-state index is -1.51. The van der Waals surface area contributed by atoms with Crippen LogP contribution in [0.3, 0.4) is 0 Å². The van der Waals surface area contributed by atoms with E-state index in [-0.39, 0.29) is 32.2 Å². The minimum Gasteiger partial charge on any atom is -0.477 e. The molecule has 0 bridgehead atoms. The maximum Gasteiger partial charge on any atom is 0.361 e. The van der Waals surface area contributed by atoms with Gasteiger partial charge in [-0.3, -0.25) is 9.59 Å². The average molecular weight is 1130 g/mol. The van der Waals surface area contributed by atoms with Crippen molar-refractivity contribution in [2.45, 2.75) is 354 Å². The molecule has 0 aromatic rings. The van der Waals surface area contributed by atoms with Gasteiger partial charge in [-0.15, -0.1) is 0 Å². The van der Waals surface area contributed by atoms with Crippen LogP contribution in [-0.4, -0.2) is 87.4 Å². The number of quaternary nitrogens is 1. The summed E-state index contributed by atoms with van der Waals surface area (Å²) in [5.74, 6) is -2.00. The molecular weight excluding hydrogens is 995 g/mol. The van der Waals surface area contributed by atoms with Gasteiger partial charge in [-0.2, -0.15) is 0 Å². The van der Waals surface area contributed by atoms with Crippen molar-refractivity contribution in [2.75, 3.05) is 47.5 Å². The number of carboxylic acids is 1. The van der Waals surface area contributed by atoms with Crippen molar-refractivity contribution in [3.63, 3.8) is 0 Å². The molecule has 0 aliphatic carbocycles. The Kier molecular flexibility index (Phi) is 60.6. The van der Waals surface area contributed by atoms with E-state index in [0.29, 0.717) is 23.9 Å². The van der Waals surface area contributed by atoms with Crippen molar-refractivity contribution in [1.82, 2.24) is 0 Å². The van der Waals surface area contributed by atoms with Crippen LogP contribution in [-0.2, 0) is 33.3 Å². The lowest BCUT2D eigenvalue weighted by atomic mass is 10.0. The van der Waals surface area contributed by atoms with E-state index in [9.17, 15) is 19.5 Å². The molecule has 0 radical (unpaired) electrons. The number of rotatable bonds is 65. The quantitative estimate of drug-likeness (QED) is 0.0211. The number of hydrogen-bond acceptors (Lipinski definition) is 7. The third kappa shape index (κ3) is 63.1. The molecule has 0 fully saturated rings. The number of allylic oxidation sites excluding steroid dienone is 6. The van der Waals surface area contributed by atoms with Crippen LogP contribution < -0.4 is 0 Å². The van der Waals surface area contributed by atoms with Crippen LogP contribution in [0.25, 0.3) is 0 Å². The van der Waals surface area contributed by atoms with Gasteiger partial charge in [0.15, 0.2) is 6.10 Å². The Morgan fingerprint density at radius 1 is 0.375 bits per heavy atom. The van der Waals surface area contributed by atoms with Gasteiger partial charge in [0, 0.05) is 12.8 Å². The summed E-state index contributed by atoms with van der Waals surface area (Å²) in [6, 6.07) is 0. The highest BCUT2D eigenvalue weighted by atomic mass is 16.7. The Labute approximate surface area is 496 Å². The molecule has 0 spiro atoms. The smallest absolute Gasteiger partial charge is 0.361 e. The lowest BCUT2D eigenvalue weighted by Gasteiger charge is -2.25. The predicted molar refractivity (Wildman–Crippen MR) is 341 cm³/mol. The highest BCUT2D eigenvalue weighted by Gasteiger charge is 2.25. The van der Waals surface area contributed by atoms with Gasteiger partial charge in [-0.05, 0) is 51.4 Å². The standard InChI is InChI=1S/C71H133NO8/c1-6-8-10-12-14-16-18-20-22-24-26-27-28-29-30-31-32-33-34-35-36-37-38-39-40-41-42-44-45-47-49-51-53-55-57-59-61-68(73)78-65-67(66-79-71(70(75)76)77-64-63-72(3,4)5)80-69(74)62-60-58-56-54-52-50-48-46-43-25-23-21-19-17-15-13-11-9-7-2/h15,17,21,23,43,46,67,71H,6-14,16,18-20,22,24-42,44-45,47-66H2,1-5H3/p+1/b17-15-,23-21-,46-43-. The monoisotopic (exact) mass is 1130 g/mol. The number of carbonyl (C=O) groups excluding carboxylic acids is 2. The van der Waals surface area contributed by atoms with Crippen LogP contribution in [0.2, 0.25) is 0 Å². The Morgan fingerprint density at radius 2 is 0.675 bits per heavy atom. The van der Waals surface area contributed by atoms with Gasteiger partial charge >= 0.3 is 17.9 Å². The molecule has 2 unspecified atom stereocenters. The number of unbranched alkanes of at least 4 members (excludes halogenated alkanes) is 44. The summed E-state index contributed by atoms with van der Waals surface area (Å²) in [5.41, 5.74) is 0. The number of carbonyl (C=O) groups is 3. The van der Waals surface area contributed by atoms with Gasteiger partial charge < -0.3 is 28.5 Å². The molecule has 0 rings (SSSR count). The van der Waals surface area contributed by atoms with Crippen molar-refractivity contribution < 1.29 is 42.9 Å². The summed E-state index contributed by atoms with van der Waals surface area (Å²) in [6.45, 7) is 4.89. The first-order valence-electron chi connectivity index (χ1n) is 34.7. The van der Waals surface area contributed by atoms with E-state index in [1.807, 2.05) is 21.1 Å². The average Bonchev–Trinajstić information content (AvgIpc) is 3.43. The van der Waals surface area contributed by atoms with E-state index in [4.69, 9.17) is 18.9 Å². The lowest BCUT2D eigenvalue weighted by molar-refractivity contribution is -0.870. The molecule has 2 atom stereocenters. The lowest BCUT2D eigenvalue weighted by Crippen LogP contribution is -2.40. The van der Waals surface area contributed by atoms with E-state index < -0.39 is 24.3 Å². The zero-order valence-corrected chi connectivity index (χ0v) is 53.8. The third-order valence-electron chi connectivity index (χ3n) is 15.6. The van der Waals surface area contributed by atoms with Gasteiger partial charge in [0.1, 0.15) is 13.2 Å². The van der Waals surface area contributed by atoms with E-state index in [2.05, 4.69) is 50.3 Å². The van der Waals surface area contributed by atoms with E-state index >= 15 is 0 Å². The van der Waals surface area contributed by atoms with Crippen LogP contribution in [0.5, 0.6) is 0 Å². The van der Waals surface area contributed by atoms with Crippen LogP contribution in [0.1, 0.15) is 341 Å². The van der Waals surface area contributed by atoms with Gasteiger partial charge in [0.25, 0.3) is 6.29 Å². The maximum absolute atomic E-state index is 12.9. The summed E-state index contributed by atoms with van der Waals surface area (Å²) in [5, 5.41) is 9.72. The summed E-state index contributed by atoms with van der Waals surface area (Å²) < 4.78 is 22.9. The molecular formula is C71H134NO8+. The van der Waals surface area contributed by atoms with Crippen LogP contribution in [0.4, 0.5) is 0 Å².